The van der Waals surface area contributed by atoms with Gasteiger partial charge in [-0.1, -0.05) is 44.5 Å². The average molecular weight is 259 g/mol. The number of benzene rings is 1. The molecule has 1 nitrogen and oxygen atoms in total. The van der Waals surface area contributed by atoms with Gasteiger partial charge in [-0.25, -0.2) is 0 Å². The van der Waals surface area contributed by atoms with Crippen LogP contribution in [0, 0.1) is 5.92 Å². The van der Waals surface area contributed by atoms with Gasteiger partial charge in [0, 0.05) is 6.04 Å². The van der Waals surface area contributed by atoms with Crippen molar-refractivity contribution in [1.29, 1.82) is 0 Å². The first-order valence-electron chi connectivity index (χ1n) is 8.05. The van der Waals surface area contributed by atoms with Gasteiger partial charge in [0.2, 0.25) is 0 Å². The van der Waals surface area contributed by atoms with Crippen LogP contribution in [-0.2, 0) is 12.8 Å². The zero-order valence-electron chi connectivity index (χ0n) is 12.6. The molecule has 0 saturated heterocycles. The molecule has 0 bridgehead atoms. The molecule has 0 aliphatic heterocycles. The van der Waals surface area contributed by atoms with Gasteiger partial charge in [0.1, 0.15) is 0 Å². The van der Waals surface area contributed by atoms with Gasteiger partial charge < -0.3 is 5.32 Å². The quantitative estimate of drug-likeness (QED) is 0.650. The zero-order valence-corrected chi connectivity index (χ0v) is 12.6. The van der Waals surface area contributed by atoms with E-state index in [1.165, 1.54) is 62.6 Å². The molecule has 0 spiro atoms. The number of unbranched alkanes of at least 4 members (excludes halogenated alkanes) is 2. The van der Waals surface area contributed by atoms with Crippen molar-refractivity contribution in [1.82, 2.24) is 5.32 Å². The number of aryl methyl sites for hydroxylation is 1. The van der Waals surface area contributed by atoms with Crippen LogP contribution < -0.4 is 5.32 Å². The van der Waals surface area contributed by atoms with Crippen molar-refractivity contribution < 1.29 is 0 Å². The maximum Gasteiger partial charge on any atom is 0.00682 e. The molecule has 0 aromatic heterocycles. The van der Waals surface area contributed by atoms with E-state index in [1.54, 1.807) is 0 Å². The fourth-order valence-corrected chi connectivity index (χ4v) is 2.54. The largest absolute Gasteiger partial charge is 0.314 e. The molecular formula is C18H29N. The lowest BCUT2D eigenvalue weighted by Gasteiger charge is -2.07. The number of nitrogens with one attached hydrogen (secondary N) is 1. The van der Waals surface area contributed by atoms with Crippen molar-refractivity contribution in [2.75, 3.05) is 6.54 Å². The Morgan fingerprint density at radius 1 is 1.00 bits per heavy atom. The lowest BCUT2D eigenvalue weighted by Crippen LogP contribution is -2.17. The Morgan fingerprint density at radius 3 is 2.32 bits per heavy atom. The number of hydrogen-bond acceptors (Lipinski definition) is 1. The molecule has 1 aromatic rings. The van der Waals surface area contributed by atoms with Crippen LogP contribution in [-0.4, -0.2) is 12.6 Å². The third-order valence-corrected chi connectivity index (χ3v) is 3.82. The van der Waals surface area contributed by atoms with Gasteiger partial charge in [-0.3, -0.25) is 0 Å². The van der Waals surface area contributed by atoms with E-state index >= 15 is 0 Å². The van der Waals surface area contributed by atoms with Crippen molar-refractivity contribution in [3.63, 3.8) is 0 Å². The van der Waals surface area contributed by atoms with Crippen LogP contribution in [0.2, 0.25) is 0 Å². The fourth-order valence-electron chi connectivity index (χ4n) is 2.54. The van der Waals surface area contributed by atoms with Crippen LogP contribution in [0.4, 0.5) is 0 Å². The fraction of sp³-hybridized carbons (Fsp3) is 0.667. The Hall–Kier alpha value is -0.820. The molecule has 1 aliphatic rings. The van der Waals surface area contributed by atoms with Gasteiger partial charge >= 0.3 is 0 Å². The summed E-state index contributed by atoms with van der Waals surface area (Å²) in [6, 6.07) is 10.1. The van der Waals surface area contributed by atoms with E-state index in [2.05, 4.69) is 43.4 Å². The topological polar surface area (TPSA) is 12.0 Å². The summed E-state index contributed by atoms with van der Waals surface area (Å²) in [5.74, 6) is 0.754. The van der Waals surface area contributed by atoms with E-state index in [0.29, 0.717) is 0 Å². The van der Waals surface area contributed by atoms with E-state index in [-0.39, 0.29) is 0 Å². The first kappa shape index (κ1) is 14.6. The van der Waals surface area contributed by atoms with Crippen molar-refractivity contribution in [3.8, 4) is 0 Å². The van der Waals surface area contributed by atoms with Crippen molar-refractivity contribution in [3.05, 3.63) is 35.4 Å². The van der Waals surface area contributed by atoms with Gasteiger partial charge in [-0.05, 0) is 62.1 Å². The summed E-state index contributed by atoms with van der Waals surface area (Å²) in [6.45, 7) is 5.78. The molecule has 106 valence electrons. The van der Waals surface area contributed by atoms with Gasteiger partial charge in [-0.15, -0.1) is 0 Å². The summed E-state index contributed by atoms with van der Waals surface area (Å²) in [6.07, 6.45) is 9.27. The zero-order chi connectivity index (χ0) is 13.5. The van der Waals surface area contributed by atoms with Crippen LogP contribution in [0.3, 0.4) is 0 Å². The first-order valence-corrected chi connectivity index (χ1v) is 8.05. The second-order valence-corrected chi connectivity index (χ2v) is 6.45. The molecule has 1 heteroatoms. The third-order valence-electron chi connectivity index (χ3n) is 3.82. The Balaban J connectivity index is 1.56. The molecular weight excluding hydrogens is 230 g/mol. The smallest absolute Gasteiger partial charge is 0.00682 e. The lowest BCUT2D eigenvalue weighted by molar-refractivity contribution is 0.600. The molecule has 1 fully saturated rings. The molecule has 1 saturated carbocycles. The Morgan fingerprint density at radius 2 is 1.68 bits per heavy atom. The highest BCUT2D eigenvalue weighted by Crippen LogP contribution is 2.18. The lowest BCUT2D eigenvalue weighted by atomic mass is 10.00. The monoisotopic (exact) mass is 259 g/mol. The number of hydrogen-bond donors (Lipinski definition) is 1. The molecule has 0 unspecified atom stereocenters. The SMILES string of the molecule is CC(C)Cc1ccc(CCCCCNC2CC2)cc1. The molecule has 0 atom stereocenters. The molecule has 1 N–H and O–H groups in total. The Labute approximate surface area is 118 Å². The summed E-state index contributed by atoms with van der Waals surface area (Å²) in [5, 5.41) is 3.58. The van der Waals surface area contributed by atoms with E-state index in [1.807, 2.05) is 0 Å². The van der Waals surface area contributed by atoms with Crippen LogP contribution in [0.25, 0.3) is 0 Å². The maximum atomic E-state index is 3.58. The van der Waals surface area contributed by atoms with Crippen molar-refractivity contribution in [2.24, 2.45) is 5.92 Å². The summed E-state index contributed by atoms with van der Waals surface area (Å²) < 4.78 is 0. The third kappa shape index (κ3) is 6.24. The molecule has 0 radical (unpaired) electrons. The maximum absolute atomic E-state index is 3.58. The molecule has 1 aromatic carbocycles. The van der Waals surface area contributed by atoms with Crippen LogP contribution in [0.5, 0.6) is 0 Å². The summed E-state index contributed by atoms with van der Waals surface area (Å²) in [5.41, 5.74) is 2.98. The second kappa shape index (κ2) is 7.69. The highest BCUT2D eigenvalue weighted by atomic mass is 14.9. The van der Waals surface area contributed by atoms with Gasteiger partial charge in [-0.2, -0.15) is 0 Å². The van der Waals surface area contributed by atoms with Gasteiger partial charge in [0.25, 0.3) is 0 Å². The standard InChI is InChI=1S/C18H29N/c1-15(2)14-17-9-7-16(8-10-17)6-4-3-5-13-19-18-11-12-18/h7-10,15,18-19H,3-6,11-14H2,1-2H3. The van der Waals surface area contributed by atoms with Crippen LogP contribution in [0.1, 0.15) is 57.1 Å². The molecule has 0 heterocycles. The molecule has 19 heavy (non-hydrogen) atoms. The van der Waals surface area contributed by atoms with E-state index < -0.39 is 0 Å². The minimum Gasteiger partial charge on any atom is -0.314 e. The predicted molar refractivity (Wildman–Crippen MR) is 83.6 cm³/mol. The van der Waals surface area contributed by atoms with Gasteiger partial charge in [0.05, 0.1) is 0 Å². The molecule has 1 aliphatic carbocycles. The van der Waals surface area contributed by atoms with E-state index in [9.17, 15) is 0 Å². The van der Waals surface area contributed by atoms with Crippen molar-refractivity contribution >= 4 is 0 Å². The Kier molecular flexibility index (Phi) is 5.91. The number of rotatable bonds is 9. The van der Waals surface area contributed by atoms with Crippen LogP contribution in [0.15, 0.2) is 24.3 Å². The summed E-state index contributed by atoms with van der Waals surface area (Å²) in [4.78, 5) is 0. The summed E-state index contributed by atoms with van der Waals surface area (Å²) >= 11 is 0. The van der Waals surface area contributed by atoms with Crippen LogP contribution >= 0.6 is 0 Å². The highest BCUT2D eigenvalue weighted by Gasteiger charge is 2.19. The molecule has 2 rings (SSSR count). The highest BCUT2D eigenvalue weighted by molar-refractivity contribution is 5.22. The minimum atomic E-state index is 0.754. The normalized spacial score (nSPS) is 15.1. The minimum absolute atomic E-state index is 0.754. The van der Waals surface area contributed by atoms with Crippen molar-refractivity contribution in [2.45, 2.75) is 64.8 Å². The average Bonchev–Trinajstić information content (AvgIpc) is 3.19. The summed E-state index contributed by atoms with van der Waals surface area (Å²) in [7, 11) is 0. The second-order valence-electron chi connectivity index (χ2n) is 6.45. The molecule has 0 amide bonds. The van der Waals surface area contributed by atoms with E-state index in [0.717, 1.165) is 12.0 Å². The predicted octanol–water partition coefficient (Wildman–Crippen LogP) is 4.35. The Bertz CT molecular complexity index is 348. The van der Waals surface area contributed by atoms with E-state index in [4.69, 9.17) is 0 Å². The van der Waals surface area contributed by atoms with Gasteiger partial charge in [0.15, 0.2) is 0 Å². The first-order chi connectivity index (χ1) is 9.24.